The molecule has 0 radical (unpaired) electrons. The molecule has 2 bridgehead atoms. The van der Waals surface area contributed by atoms with Crippen molar-refractivity contribution in [3.05, 3.63) is 40.9 Å². The third-order valence-corrected chi connectivity index (χ3v) is 7.05. The molecule has 7 nitrogen and oxygen atoms in total. The van der Waals surface area contributed by atoms with Gasteiger partial charge in [-0.2, -0.15) is 13.2 Å². The lowest BCUT2D eigenvalue weighted by atomic mass is 9.83. The van der Waals surface area contributed by atoms with Gasteiger partial charge in [0.1, 0.15) is 18.5 Å². The first-order valence-corrected chi connectivity index (χ1v) is 11.1. The van der Waals surface area contributed by atoms with Gasteiger partial charge in [-0.15, -0.1) is 10.2 Å². The van der Waals surface area contributed by atoms with E-state index >= 15 is 0 Å². The first kappa shape index (κ1) is 22.5. The lowest BCUT2D eigenvalue weighted by Gasteiger charge is -2.38. The van der Waals surface area contributed by atoms with Gasteiger partial charge in [0.05, 0.1) is 29.0 Å². The maximum absolute atomic E-state index is 15.0. The number of aromatic hydroxyl groups is 1. The van der Waals surface area contributed by atoms with Crippen molar-refractivity contribution in [1.29, 1.82) is 0 Å². The molecule has 1 aromatic carbocycles. The number of anilines is 1. The summed E-state index contributed by atoms with van der Waals surface area (Å²) in [5.74, 6) is 0.811. The van der Waals surface area contributed by atoms with Gasteiger partial charge in [-0.3, -0.25) is 9.36 Å². The van der Waals surface area contributed by atoms with Crippen LogP contribution in [0.3, 0.4) is 0 Å². The van der Waals surface area contributed by atoms with E-state index in [0.29, 0.717) is 22.0 Å². The van der Waals surface area contributed by atoms with Crippen LogP contribution in [0.15, 0.2) is 35.4 Å². The molecule has 2 fully saturated rings. The van der Waals surface area contributed by atoms with Gasteiger partial charge in [-0.1, -0.05) is 0 Å². The van der Waals surface area contributed by atoms with Gasteiger partial charge in [0.2, 0.25) is 0 Å². The van der Waals surface area contributed by atoms with Crippen molar-refractivity contribution < 1.29 is 22.7 Å². The molecule has 3 aromatic rings. The van der Waals surface area contributed by atoms with Crippen molar-refractivity contribution in [3.63, 3.8) is 0 Å². The minimum absolute atomic E-state index is 0.0983. The number of aromatic nitrogens is 4. The molecular weight excluding hydrogens is 454 g/mol. The Labute approximate surface area is 192 Å². The second kappa shape index (κ2) is 8.21. The predicted octanol–water partition coefficient (Wildman–Crippen LogP) is 4.08. The summed E-state index contributed by atoms with van der Waals surface area (Å²) in [7, 11) is 1.80. The van der Waals surface area contributed by atoms with Crippen LogP contribution >= 0.6 is 0 Å². The molecule has 2 aromatic heterocycles. The summed E-state index contributed by atoms with van der Waals surface area (Å²) in [5, 5.41) is 18.7. The molecule has 0 unspecified atom stereocenters. The first-order chi connectivity index (χ1) is 16.1. The van der Waals surface area contributed by atoms with Gasteiger partial charge in [0.25, 0.3) is 5.56 Å². The van der Waals surface area contributed by atoms with Crippen LogP contribution in [0.25, 0.3) is 22.2 Å². The second-order valence-corrected chi connectivity index (χ2v) is 9.25. The molecule has 2 aliphatic rings. The van der Waals surface area contributed by atoms with Crippen LogP contribution in [0.2, 0.25) is 0 Å². The Balaban J connectivity index is 1.42. The van der Waals surface area contributed by atoms with E-state index in [-0.39, 0.29) is 34.2 Å². The minimum atomic E-state index is -4.58. The van der Waals surface area contributed by atoms with Crippen LogP contribution in [0.1, 0.15) is 25.7 Å². The van der Waals surface area contributed by atoms with Crippen molar-refractivity contribution in [2.45, 2.75) is 50.6 Å². The van der Waals surface area contributed by atoms with Crippen LogP contribution < -0.4 is 10.5 Å². The number of nitrogens with zero attached hydrogens (tertiary/aromatic N) is 5. The Morgan fingerprint density at radius 3 is 2.68 bits per heavy atom. The van der Waals surface area contributed by atoms with Crippen molar-refractivity contribution in [2.75, 3.05) is 11.9 Å². The van der Waals surface area contributed by atoms with E-state index < -0.39 is 24.5 Å². The predicted molar refractivity (Wildman–Crippen MR) is 117 cm³/mol. The zero-order chi connectivity index (χ0) is 24.2. The summed E-state index contributed by atoms with van der Waals surface area (Å²) < 4.78 is 53.4. The van der Waals surface area contributed by atoms with E-state index in [2.05, 4.69) is 15.2 Å². The summed E-state index contributed by atoms with van der Waals surface area (Å²) in [6, 6.07) is 5.51. The Morgan fingerprint density at radius 2 is 1.97 bits per heavy atom. The highest BCUT2D eigenvalue weighted by Gasteiger charge is 2.44. The number of hydrogen-bond acceptors (Lipinski definition) is 6. The molecule has 0 spiro atoms. The normalized spacial score (nSPS) is 24.5. The molecule has 0 amide bonds. The van der Waals surface area contributed by atoms with Gasteiger partial charge in [-0.25, -0.2) is 9.37 Å². The Hall–Kier alpha value is -3.24. The SMILES string of the molecule is CN(c1ccc(-c2cc3ncn(CC(F)(F)F)c(=O)c3cc2O)nn1)[C@H]1C[C@@H]2CC[C@@H](C2)[C@H]1F. The molecular formula is C23H23F4N5O2. The third kappa shape index (κ3) is 4.07. The molecule has 34 heavy (non-hydrogen) atoms. The number of phenolic OH excluding ortho intramolecular Hbond substituents is 1. The highest BCUT2D eigenvalue weighted by molar-refractivity contribution is 5.86. The average Bonchev–Trinajstić information content (AvgIpc) is 3.20. The molecule has 2 aliphatic carbocycles. The fraction of sp³-hybridized carbons (Fsp3) is 0.478. The summed E-state index contributed by atoms with van der Waals surface area (Å²) in [6.45, 7) is -1.47. The maximum Gasteiger partial charge on any atom is 0.406 e. The molecule has 2 heterocycles. The van der Waals surface area contributed by atoms with Crippen molar-refractivity contribution in [1.82, 2.24) is 19.7 Å². The molecule has 0 saturated heterocycles. The molecule has 4 atom stereocenters. The molecule has 1 N–H and O–H groups in total. The number of fused-ring (bicyclic) bond motifs is 3. The molecule has 5 rings (SSSR count). The quantitative estimate of drug-likeness (QED) is 0.570. The van der Waals surface area contributed by atoms with Crippen LogP contribution in [-0.2, 0) is 6.54 Å². The van der Waals surface area contributed by atoms with E-state index in [9.17, 15) is 27.5 Å². The van der Waals surface area contributed by atoms with Crippen LogP contribution in [-0.4, -0.2) is 50.3 Å². The lowest BCUT2D eigenvalue weighted by Crippen LogP contribution is -2.46. The minimum Gasteiger partial charge on any atom is -0.507 e. The van der Waals surface area contributed by atoms with Gasteiger partial charge in [0.15, 0.2) is 5.82 Å². The van der Waals surface area contributed by atoms with E-state index in [0.717, 1.165) is 38.1 Å². The summed E-state index contributed by atoms with van der Waals surface area (Å²) in [6.07, 6.45) is -0.943. The Kier molecular flexibility index (Phi) is 5.44. The van der Waals surface area contributed by atoms with Gasteiger partial charge in [-0.05, 0) is 61.8 Å². The molecule has 11 heteroatoms. The monoisotopic (exact) mass is 477 g/mol. The first-order valence-electron chi connectivity index (χ1n) is 11.1. The number of rotatable bonds is 4. The Bertz CT molecular complexity index is 1280. The van der Waals surface area contributed by atoms with E-state index in [1.165, 1.54) is 6.07 Å². The number of halogens is 4. The van der Waals surface area contributed by atoms with Crippen molar-refractivity contribution in [2.24, 2.45) is 11.8 Å². The maximum atomic E-state index is 15.0. The smallest absolute Gasteiger partial charge is 0.406 e. The highest BCUT2D eigenvalue weighted by Crippen LogP contribution is 2.45. The third-order valence-electron chi connectivity index (χ3n) is 7.05. The van der Waals surface area contributed by atoms with Gasteiger partial charge in [0, 0.05) is 12.6 Å². The van der Waals surface area contributed by atoms with Crippen molar-refractivity contribution in [3.8, 4) is 17.0 Å². The topological polar surface area (TPSA) is 84.1 Å². The fourth-order valence-corrected chi connectivity index (χ4v) is 5.31. The standard InChI is InChI=1S/C23H23F4N5O2/c1-31(18-7-12-2-3-13(6-12)21(18)24)20-5-4-16(29-30-20)14-8-17-15(9-19(14)33)22(34)32(11-28-17)10-23(25,26)27/h4-5,8-9,11-13,18,21,33H,2-3,6-7,10H2,1H3/t12-,13+,18+,21-/m1/s1. The van der Waals surface area contributed by atoms with Crippen LogP contribution in [0, 0.1) is 11.8 Å². The zero-order valence-electron chi connectivity index (χ0n) is 18.3. The number of hydrogen-bond donors (Lipinski definition) is 1. The van der Waals surface area contributed by atoms with E-state index in [1.807, 2.05) is 4.90 Å². The summed E-state index contributed by atoms with van der Waals surface area (Å²) >= 11 is 0. The summed E-state index contributed by atoms with van der Waals surface area (Å²) in [4.78, 5) is 18.2. The lowest BCUT2D eigenvalue weighted by molar-refractivity contribution is -0.141. The van der Waals surface area contributed by atoms with Crippen LogP contribution in [0.4, 0.5) is 23.4 Å². The average molecular weight is 477 g/mol. The largest absolute Gasteiger partial charge is 0.507 e. The van der Waals surface area contributed by atoms with Crippen molar-refractivity contribution >= 4 is 16.7 Å². The van der Waals surface area contributed by atoms with E-state index in [4.69, 9.17) is 0 Å². The summed E-state index contributed by atoms with van der Waals surface area (Å²) in [5.41, 5.74) is -0.265. The van der Waals surface area contributed by atoms with Gasteiger partial charge >= 0.3 is 6.18 Å². The highest BCUT2D eigenvalue weighted by atomic mass is 19.4. The van der Waals surface area contributed by atoms with E-state index in [1.54, 1.807) is 19.2 Å². The van der Waals surface area contributed by atoms with Crippen LogP contribution in [0.5, 0.6) is 5.75 Å². The number of benzene rings is 1. The Morgan fingerprint density at radius 1 is 1.18 bits per heavy atom. The number of alkyl halides is 4. The van der Waals surface area contributed by atoms with Gasteiger partial charge < -0.3 is 10.0 Å². The zero-order valence-corrected chi connectivity index (χ0v) is 18.3. The second-order valence-electron chi connectivity index (χ2n) is 9.25. The fourth-order valence-electron chi connectivity index (χ4n) is 5.31. The molecule has 0 aliphatic heterocycles. The number of phenols is 1. The molecule has 180 valence electrons. The molecule has 2 saturated carbocycles.